The molecule has 0 fully saturated rings. The molecule has 0 saturated carbocycles. The number of halogens is 1. The molecule has 17 heavy (non-hydrogen) atoms. The van der Waals surface area contributed by atoms with Crippen LogP contribution < -0.4 is 5.32 Å². The molecule has 5 heteroatoms. The summed E-state index contributed by atoms with van der Waals surface area (Å²) in [6.45, 7) is -0.121. The molecule has 1 aromatic carbocycles. The van der Waals surface area contributed by atoms with Gasteiger partial charge in [-0.15, -0.1) is 0 Å². The first-order valence-electron chi connectivity index (χ1n) is 5.43. The van der Waals surface area contributed by atoms with Crippen LogP contribution in [0.25, 0.3) is 0 Å². The van der Waals surface area contributed by atoms with E-state index >= 15 is 0 Å². The number of carbonyl (C=O) groups is 1. The normalized spacial score (nSPS) is 12.3. The van der Waals surface area contributed by atoms with Crippen molar-refractivity contribution in [3.05, 3.63) is 29.8 Å². The number of hydrogen-bond acceptors (Lipinski definition) is 3. The predicted octanol–water partition coefficient (Wildman–Crippen LogP) is 1.34. The zero-order valence-corrected chi connectivity index (χ0v) is 9.40. The second-order valence-electron chi connectivity index (χ2n) is 3.76. The van der Waals surface area contributed by atoms with Crippen molar-refractivity contribution in [1.29, 1.82) is 0 Å². The molecule has 0 aliphatic rings. The first kappa shape index (κ1) is 13.4. The van der Waals surface area contributed by atoms with Crippen LogP contribution in [-0.2, 0) is 11.2 Å². The molecule has 0 aliphatic carbocycles. The Morgan fingerprint density at radius 3 is 2.53 bits per heavy atom. The Morgan fingerprint density at radius 1 is 1.35 bits per heavy atom. The smallest absolute Gasteiger partial charge is 0.321 e. The number of rotatable bonds is 7. The van der Waals surface area contributed by atoms with Gasteiger partial charge in [0.25, 0.3) is 0 Å². The molecule has 0 saturated heterocycles. The van der Waals surface area contributed by atoms with Crippen molar-refractivity contribution in [3.8, 4) is 5.75 Å². The lowest BCUT2D eigenvalue weighted by Gasteiger charge is -2.14. The van der Waals surface area contributed by atoms with Crippen LogP contribution in [0.3, 0.4) is 0 Å². The van der Waals surface area contributed by atoms with Crippen LogP contribution in [0.4, 0.5) is 4.39 Å². The molecule has 0 aromatic heterocycles. The second-order valence-corrected chi connectivity index (χ2v) is 3.76. The van der Waals surface area contributed by atoms with Crippen LogP contribution in [0, 0.1) is 0 Å². The fraction of sp³-hybridized carbons (Fsp3) is 0.417. The maximum Gasteiger partial charge on any atom is 0.321 e. The van der Waals surface area contributed by atoms with Gasteiger partial charge in [-0.25, -0.2) is 0 Å². The highest BCUT2D eigenvalue weighted by atomic mass is 19.1. The molecule has 0 bridgehead atoms. The van der Waals surface area contributed by atoms with Crippen molar-refractivity contribution in [2.45, 2.75) is 18.9 Å². The van der Waals surface area contributed by atoms with E-state index in [0.29, 0.717) is 19.4 Å². The van der Waals surface area contributed by atoms with E-state index in [1.54, 1.807) is 12.1 Å². The standard InChI is InChI=1S/C12H16FNO3/c13-6-1-7-14-11(12(16)17)8-9-2-4-10(15)5-3-9/h2-5,11,14-15H,1,6-8H2,(H,16,17)/t11-/m0/s1. The number of benzene rings is 1. The Morgan fingerprint density at radius 2 is 2.00 bits per heavy atom. The monoisotopic (exact) mass is 241 g/mol. The molecule has 4 nitrogen and oxygen atoms in total. The van der Waals surface area contributed by atoms with Gasteiger partial charge in [-0.3, -0.25) is 9.18 Å². The first-order chi connectivity index (χ1) is 8.13. The Labute approximate surface area is 99.1 Å². The predicted molar refractivity (Wildman–Crippen MR) is 61.8 cm³/mol. The summed E-state index contributed by atoms with van der Waals surface area (Å²) in [4.78, 5) is 11.0. The zero-order valence-electron chi connectivity index (χ0n) is 9.40. The van der Waals surface area contributed by atoms with Crippen molar-refractivity contribution in [2.75, 3.05) is 13.2 Å². The van der Waals surface area contributed by atoms with Gasteiger partial charge in [-0.1, -0.05) is 12.1 Å². The summed E-state index contributed by atoms with van der Waals surface area (Å²) < 4.78 is 11.9. The summed E-state index contributed by atoms with van der Waals surface area (Å²) in [5.41, 5.74) is 0.808. The Hall–Kier alpha value is -1.62. The van der Waals surface area contributed by atoms with E-state index in [1.165, 1.54) is 12.1 Å². The van der Waals surface area contributed by atoms with E-state index in [2.05, 4.69) is 5.32 Å². The summed E-state index contributed by atoms with van der Waals surface area (Å²) in [7, 11) is 0. The number of carboxylic acid groups (broad SMARTS) is 1. The Balaban J connectivity index is 2.54. The van der Waals surface area contributed by atoms with E-state index in [1.807, 2.05) is 0 Å². The second kappa shape index (κ2) is 6.85. The van der Waals surface area contributed by atoms with E-state index in [0.717, 1.165) is 5.56 Å². The van der Waals surface area contributed by atoms with E-state index in [4.69, 9.17) is 10.2 Å². The molecule has 0 amide bonds. The number of alkyl halides is 1. The highest BCUT2D eigenvalue weighted by molar-refractivity contribution is 5.73. The van der Waals surface area contributed by atoms with Gasteiger partial charge in [0.05, 0.1) is 6.67 Å². The average Bonchev–Trinajstić information content (AvgIpc) is 2.30. The van der Waals surface area contributed by atoms with Gasteiger partial charge in [-0.05, 0) is 37.1 Å². The van der Waals surface area contributed by atoms with E-state index in [9.17, 15) is 9.18 Å². The van der Waals surface area contributed by atoms with Crippen molar-refractivity contribution in [3.63, 3.8) is 0 Å². The highest BCUT2D eigenvalue weighted by Crippen LogP contribution is 2.11. The third-order valence-electron chi connectivity index (χ3n) is 2.38. The lowest BCUT2D eigenvalue weighted by Crippen LogP contribution is -2.39. The SMILES string of the molecule is O=C(O)[C@H](Cc1ccc(O)cc1)NCCCF. The largest absolute Gasteiger partial charge is 0.508 e. The zero-order chi connectivity index (χ0) is 12.7. The van der Waals surface area contributed by atoms with Crippen LogP contribution >= 0.6 is 0 Å². The number of phenols is 1. The van der Waals surface area contributed by atoms with Crippen LogP contribution in [0.1, 0.15) is 12.0 Å². The molecule has 0 aliphatic heterocycles. The molecule has 1 rings (SSSR count). The van der Waals surface area contributed by atoms with Gasteiger partial charge in [0.15, 0.2) is 0 Å². The van der Waals surface area contributed by atoms with Crippen molar-refractivity contribution in [2.24, 2.45) is 0 Å². The maximum absolute atomic E-state index is 11.9. The Bertz CT molecular complexity index is 353. The molecule has 1 atom stereocenters. The molecule has 0 spiro atoms. The summed E-state index contributed by atoms with van der Waals surface area (Å²) in [6.07, 6.45) is 0.612. The molecular formula is C12H16FNO3. The van der Waals surface area contributed by atoms with Crippen molar-refractivity contribution in [1.82, 2.24) is 5.32 Å². The molecule has 0 unspecified atom stereocenters. The van der Waals surface area contributed by atoms with Gasteiger partial charge in [0, 0.05) is 0 Å². The summed E-state index contributed by atoms with van der Waals surface area (Å²) >= 11 is 0. The number of hydrogen-bond donors (Lipinski definition) is 3. The third kappa shape index (κ3) is 4.82. The Kier molecular flexibility index (Phi) is 5.42. The van der Waals surface area contributed by atoms with Crippen LogP contribution in [0.5, 0.6) is 5.75 Å². The quantitative estimate of drug-likeness (QED) is 0.630. The topological polar surface area (TPSA) is 69.6 Å². The number of phenolic OH excluding ortho intramolecular Hbond substituents is 1. The molecule has 3 N–H and O–H groups in total. The summed E-state index contributed by atoms with van der Waals surface area (Å²) in [5.74, 6) is -0.817. The van der Waals surface area contributed by atoms with Crippen LogP contribution in [-0.4, -0.2) is 35.4 Å². The number of aliphatic carboxylic acids is 1. The third-order valence-corrected chi connectivity index (χ3v) is 2.38. The minimum absolute atomic E-state index is 0.144. The average molecular weight is 241 g/mol. The molecule has 0 radical (unpaired) electrons. The van der Waals surface area contributed by atoms with Gasteiger partial charge >= 0.3 is 5.97 Å². The molecule has 1 aromatic rings. The summed E-state index contributed by atoms with van der Waals surface area (Å²) in [6, 6.07) is 5.63. The van der Waals surface area contributed by atoms with Gasteiger partial charge in [0.2, 0.25) is 0 Å². The lowest BCUT2D eigenvalue weighted by atomic mass is 10.1. The maximum atomic E-state index is 11.9. The van der Waals surface area contributed by atoms with E-state index < -0.39 is 18.7 Å². The molecular weight excluding hydrogens is 225 g/mol. The lowest BCUT2D eigenvalue weighted by molar-refractivity contribution is -0.139. The van der Waals surface area contributed by atoms with Gasteiger partial charge in [0.1, 0.15) is 11.8 Å². The van der Waals surface area contributed by atoms with E-state index in [-0.39, 0.29) is 5.75 Å². The van der Waals surface area contributed by atoms with Crippen LogP contribution in [0.2, 0.25) is 0 Å². The number of nitrogens with one attached hydrogen (secondary N) is 1. The number of aromatic hydroxyl groups is 1. The minimum Gasteiger partial charge on any atom is -0.508 e. The van der Waals surface area contributed by atoms with Crippen molar-refractivity contribution >= 4 is 5.97 Å². The van der Waals surface area contributed by atoms with Crippen LogP contribution in [0.15, 0.2) is 24.3 Å². The van der Waals surface area contributed by atoms with Gasteiger partial charge in [-0.2, -0.15) is 0 Å². The highest BCUT2D eigenvalue weighted by Gasteiger charge is 2.16. The molecule has 0 heterocycles. The first-order valence-corrected chi connectivity index (χ1v) is 5.43. The fourth-order valence-electron chi connectivity index (χ4n) is 1.46. The molecule has 94 valence electrons. The minimum atomic E-state index is -0.961. The number of carboxylic acids is 1. The van der Waals surface area contributed by atoms with Crippen molar-refractivity contribution < 1.29 is 19.4 Å². The summed E-state index contributed by atoms with van der Waals surface area (Å²) in [5, 5.41) is 20.9. The van der Waals surface area contributed by atoms with Gasteiger partial charge < -0.3 is 15.5 Å². The fourth-order valence-corrected chi connectivity index (χ4v) is 1.46.